The number of halogens is 5. The molecule has 24 heavy (non-hydrogen) atoms. The first-order valence-electron chi connectivity index (χ1n) is 6.04. The number of aromatic amines is 2. The second-order valence-electron chi connectivity index (χ2n) is 4.33. The summed E-state index contributed by atoms with van der Waals surface area (Å²) in [5.74, 6) is -2.39. The summed E-state index contributed by atoms with van der Waals surface area (Å²) in [6, 6.07) is 3.68. The molecule has 0 atom stereocenters. The third kappa shape index (κ3) is 3.97. The number of imidazole rings is 1. The number of carboxylic acids is 1. The number of hydrogen-bond donors (Lipinski definition) is 4. The number of anilines is 1. The van der Waals surface area contributed by atoms with E-state index < -0.39 is 12.1 Å². The first kappa shape index (κ1) is 18.1. The minimum absolute atomic E-state index is 0.367. The van der Waals surface area contributed by atoms with Gasteiger partial charge in [-0.05, 0) is 28.1 Å². The molecule has 128 valence electrons. The number of aromatic nitrogens is 4. The van der Waals surface area contributed by atoms with Gasteiger partial charge in [-0.1, -0.05) is 11.6 Å². The Balaban J connectivity index is 0.000000256. The van der Waals surface area contributed by atoms with E-state index in [2.05, 4.69) is 35.9 Å². The van der Waals surface area contributed by atoms with E-state index in [-0.39, 0.29) is 0 Å². The van der Waals surface area contributed by atoms with Crippen molar-refractivity contribution in [1.29, 1.82) is 0 Å². The molecule has 7 nitrogen and oxygen atoms in total. The molecule has 3 aromatic heterocycles. The first-order chi connectivity index (χ1) is 11.1. The Kier molecular flexibility index (Phi) is 5.04. The number of carbonyl (C=O) groups is 1. The van der Waals surface area contributed by atoms with Gasteiger partial charge in [-0.3, -0.25) is 4.98 Å². The SMILES string of the molecule is Nc1nc2c(-c3cc(Br)c(Cl)[nH]3)nccc2[nH]1.O=C(O)C(F)(F)F. The molecule has 0 fully saturated rings. The largest absolute Gasteiger partial charge is 0.490 e. The van der Waals surface area contributed by atoms with Gasteiger partial charge in [0.25, 0.3) is 0 Å². The molecule has 0 unspecified atom stereocenters. The highest BCUT2D eigenvalue weighted by molar-refractivity contribution is 9.10. The molecule has 0 aliphatic heterocycles. The van der Waals surface area contributed by atoms with E-state index in [1.165, 1.54) is 0 Å². The van der Waals surface area contributed by atoms with Crippen molar-refractivity contribution in [2.24, 2.45) is 0 Å². The number of rotatable bonds is 1. The average molecular weight is 427 g/mol. The Morgan fingerprint density at radius 2 is 2.00 bits per heavy atom. The summed E-state index contributed by atoms with van der Waals surface area (Å²) in [7, 11) is 0. The summed E-state index contributed by atoms with van der Waals surface area (Å²) < 4.78 is 32.5. The Labute approximate surface area is 145 Å². The standard InChI is InChI=1S/C10H7BrClN5.C2HF3O2/c11-4-3-6(15-9(4)12)7-8-5(1-2-14-7)16-10(13)17-8;3-2(4,5)1(6)7/h1-3,15H,(H3,13,16,17);(H,6,7). The molecule has 0 saturated carbocycles. The van der Waals surface area contributed by atoms with Crippen molar-refractivity contribution in [1.82, 2.24) is 19.9 Å². The molecule has 3 aromatic rings. The first-order valence-corrected chi connectivity index (χ1v) is 7.21. The Morgan fingerprint density at radius 1 is 1.38 bits per heavy atom. The molecule has 0 radical (unpaired) electrons. The molecule has 0 spiro atoms. The molecular formula is C12H8BrClF3N5O2. The lowest BCUT2D eigenvalue weighted by molar-refractivity contribution is -0.192. The molecule has 0 aliphatic rings. The molecule has 5 N–H and O–H groups in total. The van der Waals surface area contributed by atoms with Crippen LogP contribution in [0.3, 0.4) is 0 Å². The lowest BCUT2D eigenvalue weighted by Crippen LogP contribution is -2.21. The van der Waals surface area contributed by atoms with E-state index in [0.29, 0.717) is 16.8 Å². The van der Waals surface area contributed by atoms with Gasteiger partial charge in [-0.15, -0.1) is 0 Å². The van der Waals surface area contributed by atoms with Gasteiger partial charge in [-0.25, -0.2) is 9.78 Å². The number of nitrogen functional groups attached to an aromatic ring is 1. The van der Waals surface area contributed by atoms with Crippen LogP contribution in [0.4, 0.5) is 19.1 Å². The molecule has 0 aromatic carbocycles. The highest BCUT2D eigenvalue weighted by Crippen LogP contribution is 2.31. The summed E-state index contributed by atoms with van der Waals surface area (Å²) >= 11 is 9.29. The molecule has 0 amide bonds. The number of alkyl halides is 3. The van der Waals surface area contributed by atoms with Gasteiger partial charge in [0, 0.05) is 6.20 Å². The number of nitrogens with two attached hydrogens (primary N) is 1. The zero-order chi connectivity index (χ0) is 18.1. The number of aliphatic carboxylic acids is 1. The van der Waals surface area contributed by atoms with E-state index in [4.69, 9.17) is 27.2 Å². The Bertz CT molecular complexity index is 873. The van der Waals surface area contributed by atoms with Gasteiger partial charge in [0.1, 0.15) is 16.4 Å². The summed E-state index contributed by atoms with van der Waals surface area (Å²) in [4.78, 5) is 23.4. The van der Waals surface area contributed by atoms with E-state index in [1.807, 2.05) is 12.1 Å². The van der Waals surface area contributed by atoms with Crippen LogP contribution in [-0.4, -0.2) is 37.2 Å². The van der Waals surface area contributed by atoms with Crippen LogP contribution >= 0.6 is 27.5 Å². The van der Waals surface area contributed by atoms with E-state index in [0.717, 1.165) is 21.2 Å². The fourth-order valence-electron chi connectivity index (χ4n) is 1.68. The Hall–Kier alpha value is -2.27. The number of nitrogens with zero attached hydrogens (tertiary/aromatic N) is 2. The molecule has 12 heteroatoms. The summed E-state index contributed by atoms with van der Waals surface area (Å²) in [5.41, 5.74) is 8.69. The number of fused-ring (bicyclic) bond motifs is 1. The van der Waals surface area contributed by atoms with Crippen LogP contribution in [-0.2, 0) is 4.79 Å². The number of carboxylic acid groups (broad SMARTS) is 1. The van der Waals surface area contributed by atoms with Crippen LogP contribution in [0.1, 0.15) is 0 Å². The van der Waals surface area contributed by atoms with Crippen LogP contribution in [0.15, 0.2) is 22.8 Å². The fourth-order valence-corrected chi connectivity index (χ4v) is 2.17. The predicted octanol–water partition coefficient (Wildman–Crippen LogP) is 3.58. The molecular weight excluding hydrogens is 419 g/mol. The highest BCUT2D eigenvalue weighted by Gasteiger charge is 2.38. The average Bonchev–Trinajstić information content (AvgIpc) is 3.00. The van der Waals surface area contributed by atoms with Gasteiger partial charge in [0.05, 0.1) is 15.7 Å². The smallest absolute Gasteiger partial charge is 0.475 e. The van der Waals surface area contributed by atoms with Crippen molar-refractivity contribution in [3.8, 4) is 11.4 Å². The van der Waals surface area contributed by atoms with Gasteiger partial charge in [-0.2, -0.15) is 13.2 Å². The van der Waals surface area contributed by atoms with Crippen molar-refractivity contribution < 1.29 is 23.1 Å². The maximum Gasteiger partial charge on any atom is 0.490 e. The maximum atomic E-state index is 10.6. The summed E-state index contributed by atoms with van der Waals surface area (Å²) in [6.07, 6.45) is -3.39. The van der Waals surface area contributed by atoms with Crippen molar-refractivity contribution >= 4 is 50.5 Å². The van der Waals surface area contributed by atoms with Crippen LogP contribution in [0.5, 0.6) is 0 Å². The minimum Gasteiger partial charge on any atom is -0.475 e. The minimum atomic E-state index is -5.08. The van der Waals surface area contributed by atoms with Crippen LogP contribution in [0.2, 0.25) is 5.15 Å². The summed E-state index contributed by atoms with van der Waals surface area (Å²) in [5, 5.41) is 7.65. The quantitative estimate of drug-likeness (QED) is 0.474. The fraction of sp³-hybridized carbons (Fsp3) is 0.0833. The topological polar surface area (TPSA) is 121 Å². The van der Waals surface area contributed by atoms with Gasteiger partial charge in [0.2, 0.25) is 0 Å². The second-order valence-corrected chi connectivity index (χ2v) is 5.56. The number of hydrogen-bond acceptors (Lipinski definition) is 4. The van der Waals surface area contributed by atoms with Crippen LogP contribution in [0.25, 0.3) is 22.4 Å². The number of nitrogens with one attached hydrogen (secondary N) is 2. The van der Waals surface area contributed by atoms with Crippen molar-refractivity contribution in [3.05, 3.63) is 28.0 Å². The van der Waals surface area contributed by atoms with Crippen molar-refractivity contribution in [2.45, 2.75) is 6.18 Å². The predicted molar refractivity (Wildman–Crippen MR) is 84.5 cm³/mol. The molecule has 0 saturated heterocycles. The number of pyridine rings is 1. The highest BCUT2D eigenvalue weighted by atomic mass is 79.9. The molecule has 0 aliphatic carbocycles. The van der Waals surface area contributed by atoms with Gasteiger partial charge < -0.3 is 20.8 Å². The van der Waals surface area contributed by atoms with Gasteiger partial charge in [0.15, 0.2) is 5.95 Å². The summed E-state index contributed by atoms with van der Waals surface area (Å²) in [6.45, 7) is 0. The lowest BCUT2D eigenvalue weighted by atomic mass is 10.2. The second kappa shape index (κ2) is 6.69. The monoisotopic (exact) mass is 425 g/mol. The van der Waals surface area contributed by atoms with E-state index in [1.54, 1.807) is 6.20 Å². The van der Waals surface area contributed by atoms with Crippen LogP contribution in [0, 0.1) is 0 Å². The normalized spacial score (nSPS) is 11.2. The third-order valence-corrected chi connectivity index (χ3v) is 3.79. The zero-order valence-corrected chi connectivity index (χ0v) is 13.8. The number of H-pyrrole nitrogens is 2. The van der Waals surface area contributed by atoms with E-state index in [9.17, 15) is 13.2 Å². The van der Waals surface area contributed by atoms with Gasteiger partial charge >= 0.3 is 12.1 Å². The maximum absolute atomic E-state index is 10.6. The molecule has 3 heterocycles. The van der Waals surface area contributed by atoms with E-state index >= 15 is 0 Å². The molecule has 0 bridgehead atoms. The molecule has 3 rings (SSSR count). The Morgan fingerprint density at radius 3 is 2.50 bits per heavy atom. The van der Waals surface area contributed by atoms with Crippen molar-refractivity contribution in [2.75, 3.05) is 5.73 Å². The van der Waals surface area contributed by atoms with Crippen molar-refractivity contribution in [3.63, 3.8) is 0 Å². The lowest BCUT2D eigenvalue weighted by Gasteiger charge is -1.97. The zero-order valence-electron chi connectivity index (χ0n) is 11.4. The van der Waals surface area contributed by atoms with Crippen LogP contribution < -0.4 is 5.73 Å². The third-order valence-electron chi connectivity index (χ3n) is 2.64.